The molecule has 0 aliphatic rings. The van der Waals surface area contributed by atoms with Gasteiger partial charge < -0.3 is 10.5 Å². The second-order valence-corrected chi connectivity index (χ2v) is 3.73. The van der Waals surface area contributed by atoms with Gasteiger partial charge in [0, 0.05) is 11.8 Å². The summed E-state index contributed by atoms with van der Waals surface area (Å²) in [6.45, 7) is 5.48. The van der Waals surface area contributed by atoms with Crippen LogP contribution in [0.4, 0.5) is 0 Å². The first kappa shape index (κ1) is 11.7. The van der Waals surface area contributed by atoms with Gasteiger partial charge in [-0.15, -0.1) is 0 Å². The lowest BCUT2D eigenvalue weighted by atomic mass is 10.1. The summed E-state index contributed by atoms with van der Waals surface area (Å²) >= 11 is 0. The topological polar surface area (TPSA) is 65.2 Å². The molecule has 1 aromatic rings. The Morgan fingerprint density at radius 3 is 2.60 bits per heavy atom. The molecule has 2 N–H and O–H groups in total. The van der Waals surface area contributed by atoms with Crippen molar-refractivity contribution < 1.29 is 9.53 Å². The predicted octanol–water partition coefficient (Wildman–Crippen LogP) is 1.40. The maximum Gasteiger partial charge on any atom is 0.180 e. The van der Waals surface area contributed by atoms with E-state index >= 15 is 0 Å². The number of nitrogens with two attached hydrogens (primary N) is 1. The summed E-state index contributed by atoms with van der Waals surface area (Å²) in [5, 5.41) is 0. The monoisotopic (exact) mass is 208 g/mol. The number of hydrogen-bond acceptors (Lipinski definition) is 4. The van der Waals surface area contributed by atoms with Gasteiger partial charge >= 0.3 is 0 Å². The zero-order chi connectivity index (χ0) is 11.4. The summed E-state index contributed by atoms with van der Waals surface area (Å²) in [4.78, 5) is 15.5. The molecule has 1 heterocycles. The van der Waals surface area contributed by atoms with Gasteiger partial charge in [0.1, 0.15) is 5.75 Å². The van der Waals surface area contributed by atoms with Crippen LogP contribution in [-0.4, -0.2) is 22.9 Å². The summed E-state index contributed by atoms with van der Waals surface area (Å²) in [6, 6.07) is 1.15. The Kier molecular flexibility index (Phi) is 3.80. The van der Waals surface area contributed by atoms with Gasteiger partial charge in [-0.2, -0.15) is 0 Å². The zero-order valence-corrected chi connectivity index (χ0v) is 9.23. The minimum atomic E-state index is -0.513. The van der Waals surface area contributed by atoms with Gasteiger partial charge in [-0.25, -0.2) is 0 Å². The molecule has 4 heteroatoms. The highest BCUT2D eigenvalue weighted by molar-refractivity contribution is 5.99. The van der Waals surface area contributed by atoms with Crippen LogP contribution in [0.15, 0.2) is 18.5 Å². The molecule has 1 rings (SSSR count). The van der Waals surface area contributed by atoms with Gasteiger partial charge in [-0.1, -0.05) is 0 Å². The normalized spacial score (nSPS) is 12.6. The van der Waals surface area contributed by atoms with Crippen LogP contribution < -0.4 is 10.5 Å². The van der Waals surface area contributed by atoms with Crippen LogP contribution in [0.5, 0.6) is 5.75 Å². The van der Waals surface area contributed by atoms with Crippen LogP contribution in [0.1, 0.15) is 31.1 Å². The fraction of sp³-hybridized carbons (Fsp3) is 0.455. The summed E-state index contributed by atoms with van der Waals surface area (Å²) in [5.74, 6) is 0.466. The molecule has 0 aliphatic heterocycles. The second-order valence-electron chi connectivity index (χ2n) is 3.73. The van der Waals surface area contributed by atoms with Crippen molar-refractivity contribution >= 4 is 5.78 Å². The summed E-state index contributed by atoms with van der Waals surface area (Å²) in [5.41, 5.74) is 5.99. The van der Waals surface area contributed by atoms with Gasteiger partial charge in [-0.05, 0) is 26.8 Å². The Balaban J connectivity index is 2.87. The Labute approximate surface area is 89.5 Å². The number of carbonyl (C=O) groups excluding carboxylic acids is 1. The van der Waals surface area contributed by atoms with E-state index in [9.17, 15) is 4.79 Å². The van der Waals surface area contributed by atoms with Gasteiger partial charge in [0.05, 0.1) is 18.3 Å². The predicted molar refractivity (Wildman–Crippen MR) is 58.0 cm³/mol. The number of pyridine rings is 1. The van der Waals surface area contributed by atoms with E-state index in [0.717, 1.165) is 0 Å². The van der Waals surface area contributed by atoms with Crippen LogP contribution >= 0.6 is 0 Å². The first-order valence-electron chi connectivity index (χ1n) is 4.92. The highest BCUT2D eigenvalue weighted by Gasteiger charge is 2.12. The molecule has 1 unspecified atom stereocenters. The SMILES string of the molecule is CC(C)Oc1cncc(C(=O)C(C)N)c1. The van der Waals surface area contributed by atoms with E-state index in [1.807, 2.05) is 13.8 Å². The lowest BCUT2D eigenvalue weighted by Crippen LogP contribution is -2.26. The van der Waals surface area contributed by atoms with Crippen molar-refractivity contribution in [3.05, 3.63) is 24.0 Å². The fourth-order valence-electron chi connectivity index (χ4n) is 1.15. The van der Waals surface area contributed by atoms with Crippen molar-refractivity contribution in [2.45, 2.75) is 32.9 Å². The summed E-state index contributed by atoms with van der Waals surface area (Å²) in [7, 11) is 0. The molecule has 0 saturated heterocycles. The number of aromatic nitrogens is 1. The third-order valence-corrected chi connectivity index (χ3v) is 1.78. The lowest BCUT2D eigenvalue weighted by molar-refractivity contribution is 0.0967. The molecule has 0 fully saturated rings. The Morgan fingerprint density at radius 1 is 1.40 bits per heavy atom. The molecule has 0 amide bonds. The maximum atomic E-state index is 11.6. The molecule has 4 nitrogen and oxygen atoms in total. The third-order valence-electron chi connectivity index (χ3n) is 1.78. The molecule has 0 radical (unpaired) electrons. The van der Waals surface area contributed by atoms with Crippen LogP contribution in [0, 0.1) is 0 Å². The van der Waals surface area contributed by atoms with Crippen LogP contribution in [0.25, 0.3) is 0 Å². The maximum absolute atomic E-state index is 11.6. The van der Waals surface area contributed by atoms with Crippen molar-refractivity contribution in [1.29, 1.82) is 0 Å². The number of ether oxygens (including phenoxy) is 1. The van der Waals surface area contributed by atoms with Crippen molar-refractivity contribution in [3.63, 3.8) is 0 Å². The molecule has 0 bridgehead atoms. The quantitative estimate of drug-likeness (QED) is 0.759. The van der Waals surface area contributed by atoms with Gasteiger partial charge in [0.15, 0.2) is 5.78 Å². The Bertz CT molecular complexity index is 348. The van der Waals surface area contributed by atoms with E-state index in [0.29, 0.717) is 11.3 Å². The molecule has 0 saturated carbocycles. The van der Waals surface area contributed by atoms with E-state index < -0.39 is 6.04 Å². The third kappa shape index (κ3) is 3.32. The average molecular weight is 208 g/mol. The number of hydrogen-bond donors (Lipinski definition) is 1. The molecule has 0 aromatic carbocycles. The molecule has 1 atom stereocenters. The molecule has 82 valence electrons. The van der Waals surface area contributed by atoms with E-state index in [1.165, 1.54) is 6.20 Å². The smallest absolute Gasteiger partial charge is 0.180 e. The number of ketones is 1. The summed E-state index contributed by atoms with van der Waals surface area (Å²) < 4.78 is 5.43. The Morgan fingerprint density at radius 2 is 2.07 bits per heavy atom. The molecular formula is C11H16N2O2. The van der Waals surface area contributed by atoms with Gasteiger partial charge in [-0.3, -0.25) is 9.78 Å². The van der Waals surface area contributed by atoms with Crippen LogP contribution in [-0.2, 0) is 0 Å². The van der Waals surface area contributed by atoms with Gasteiger partial charge in [0.25, 0.3) is 0 Å². The molecule has 15 heavy (non-hydrogen) atoms. The minimum absolute atomic E-state index is 0.0625. The summed E-state index contributed by atoms with van der Waals surface area (Å²) in [6.07, 6.45) is 3.14. The number of nitrogens with zero attached hydrogens (tertiary/aromatic N) is 1. The minimum Gasteiger partial charge on any atom is -0.489 e. The zero-order valence-electron chi connectivity index (χ0n) is 9.23. The van der Waals surface area contributed by atoms with Crippen molar-refractivity contribution in [2.24, 2.45) is 5.73 Å². The van der Waals surface area contributed by atoms with Crippen LogP contribution in [0.3, 0.4) is 0 Å². The molecule has 0 aliphatic carbocycles. The molecule has 0 spiro atoms. The first-order valence-corrected chi connectivity index (χ1v) is 4.92. The highest BCUT2D eigenvalue weighted by atomic mass is 16.5. The lowest BCUT2D eigenvalue weighted by Gasteiger charge is -2.10. The Hall–Kier alpha value is -1.42. The first-order chi connectivity index (χ1) is 7.00. The number of rotatable bonds is 4. The average Bonchev–Trinajstić information content (AvgIpc) is 2.16. The van der Waals surface area contributed by atoms with Crippen molar-refractivity contribution in [3.8, 4) is 5.75 Å². The number of carbonyl (C=O) groups is 1. The molecule has 1 aromatic heterocycles. The van der Waals surface area contributed by atoms with Crippen LogP contribution in [0.2, 0.25) is 0 Å². The van der Waals surface area contributed by atoms with E-state index in [-0.39, 0.29) is 11.9 Å². The standard InChI is InChI=1S/C11H16N2O2/c1-7(2)15-10-4-9(5-13-6-10)11(14)8(3)12/h4-8H,12H2,1-3H3. The fourth-order valence-corrected chi connectivity index (χ4v) is 1.15. The van der Waals surface area contributed by atoms with E-state index in [1.54, 1.807) is 19.2 Å². The number of Topliss-reactive ketones (excluding diaryl/α,β-unsaturated/α-hetero) is 1. The largest absolute Gasteiger partial charge is 0.489 e. The van der Waals surface area contributed by atoms with Gasteiger partial charge in [0.2, 0.25) is 0 Å². The second kappa shape index (κ2) is 4.89. The van der Waals surface area contributed by atoms with E-state index in [2.05, 4.69) is 4.98 Å². The van der Waals surface area contributed by atoms with E-state index in [4.69, 9.17) is 10.5 Å². The van der Waals surface area contributed by atoms with Crippen molar-refractivity contribution in [1.82, 2.24) is 4.98 Å². The molecular weight excluding hydrogens is 192 g/mol. The van der Waals surface area contributed by atoms with Crippen molar-refractivity contribution in [2.75, 3.05) is 0 Å². The highest BCUT2D eigenvalue weighted by Crippen LogP contribution is 2.13.